The number of benzene rings is 2. The number of nitrogens with zero attached hydrogens (tertiary/aromatic N) is 3. The Labute approximate surface area is 200 Å². The maximum absolute atomic E-state index is 11.0. The van der Waals surface area contributed by atoms with E-state index in [2.05, 4.69) is 85.5 Å². The van der Waals surface area contributed by atoms with Gasteiger partial charge >= 0.3 is 0 Å². The maximum atomic E-state index is 11.0. The van der Waals surface area contributed by atoms with Crippen LogP contribution in [0.5, 0.6) is 0 Å². The number of aldehydes is 1. The quantitative estimate of drug-likeness (QED) is 0.425. The molecule has 4 heteroatoms. The highest BCUT2D eigenvalue weighted by atomic mass is 16.1. The van der Waals surface area contributed by atoms with Gasteiger partial charge in [0.25, 0.3) is 0 Å². The summed E-state index contributed by atoms with van der Waals surface area (Å²) in [5.74, 6) is 0. The lowest BCUT2D eigenvalue weighted by atomic mass is 9.97. The van der Waals surface area contributed by atoms with Gasteiger partial charge in [-0.2, -0.15) is 0 Å². The Morgan fingerprint density at radius 3 is 2.58 bits per heavy atom. The number of anilines is 2. The molecule has 33 heavy (non-hydrogen) atoms. The van der Waals surface area contributed by atoms with Crippen molar-refractivity contribution in [2.75, 3.05) is 56.1 Å². The van der Waals surface area contributed by atoms with E-state index in [0.29, 0.717) is 6.42 Å². The summed E-state index contributed by atoms with van der Waals surface area (Å²) in [6.07, 6.45) is 4.44. The molecule has 1 saturated heterocycles. The Kier molecular flexibility index (Phi) is 9.13. The van der Waals surface area contributed by atoms with Crippen molar-refractivity contribution in [3.63, 3.8) is 0 Å². The summed E-state index contributed by atoms with van der Waals surface area (Å²) in [6, 6.07) is 13.3. The fourth-order valence-corrected chi connectivity index (χ4v) is 4.78. The first-order chi connectivity index (χ1) is 15.9. The number of aryl methyl sites for hydroxylation is 2. The van der Waals surface area contributed by atoms with Gasteiger partial charge in [-0.1, -0.05) is 31.7 Å². The predicted octanol–water partition coefficient (Wildman–Crippen LogP) is 5.51. The van der Waals surface area contributed by atoms with Gasteiger partial charge in [0.2, 0.25) is 0 Å². The maximum Gasteiger partial charge on any atom is 0.120 e. The van der Waals surface area contributed by atoms with E-state index in [4.69, 9.17) is 0 Å². The molecule has 0 unspecified atom stereocenters. The lowest BCUT2D eigenvalue weighted by Gasteiger charge is -2.37. The molecule has 4 nitrogen and oxygen atoms in total. The third-order valence-electron chi connectivity index (χ3n) is 7.01. The van der Waals surface area contributed by atoms with Crippen molar-refractivity contribution in [1.29, 1.82) is 0 Å². The Balaban J connectivity index is 1.57. The van der Waals surface area contributed by atoms with E-state index in [1.165, 1.54) is 39.2 Å². The molecular formula is C29H41N3O. The van der Waals surface area contributed by atoms with Crippen LogP contribution in [0, 0.1) is 13.8 Å². The molecule has 1 fully saturated rings. The van der Waals surface area contributed by atoms with Gasteiger partial charge in [-0.25, -0.2) is 0 Å². The minimum Gasteiger partial charge on any atom is -0.374 e. The molecular weight excluding hydrogens is 406 g/mol. The van der Waals surface area contributed by atoms with Crippen LogP contribution < -0.4 is 9.80 Å². The Hall–Kier alpha value is -2.59. The van der Waals surface area contributed by atoms with Crippen molar-refractivity contribution in [2.45, 2.75) is 46.5 Å². The van der Waals surface area contributed by atoms with E-state index in [1.54, 1.807) is 0 Å². The number of piperazine rings is 1. The van der Waals surface area contributed by atoms with Crippen LogP contribution in [0.4, 0.5) is 11.4 Å². The summed E-state index contributed by atoms with van der Waals surface area (Å²) in [5, 5.41) is 0. The Morgan fingerprint density at radius 1 is 1.12 bits per heavy atom. The second-order valence-electron chi connectivity index (χ2n) is 9.37. The number of hydrogen-bond donors (Lipinski definition) is 0. The van der Waals surface area contributed by atoms with Crippen molar-refractivity contribution in [3.8, 4) is 0 Å². The lowest BCUT2D eigenvalue weighted by Crippen LogP contribution is -2.46. The minimum absolute atomic E-state index is 0.563. The minimum atomic E-state index is 0.563. The van der Waals surface area contributed by atoms with Crippen molar-refractivity contribution in [1.82, 2.24) is 4.90 Å². The highest BCUT2D eigenvalue weighted by Crippen LogP contribution is 2.28. The molecule has 1 aliphatic rings. The summed E-state index contributed by atoms with van der Waals surface area (Å²) < 4.78 is 0. The zero-order chi connectivity index (χ0) is 23.8. The highest BCUT2D eigenvalue weighted by Gasteiger charge is 2.19. The predicted molar refractivity (Wildman–Crippen MR) is 143 cm³/mol. The summed E-state index contributed by atoms with van der Waals surface area (Å²) in [7, 11) is 2.13. The molecule has 178 valence electrons. The molecule has 0 N–H and O–H groups in total. The summed E-state index contributed by atoms with van der Waals surface area (Å²) in [6.45, 7) is 17.4. The van der Waals surface area contributed by atoms with Crippen LogP contribution >= 0.6 is 0 Å². The van der Waals surface area contributed by atoms with Gasteiger partial charge in [0.05, 0.1) is 0 Å². The van der Waals surface area contributed by atoms with Crippen molar-refractivity contribution < 1.29 is 4.79 Å². The van der Waals surface area contributed by atoms with Crippen LogP contribution in [-0.2, 0) is 11.2 Å². The second-order valence-corrected chi connectivity index (χ2v) is 9.37. The smallest absolute Gasteiger partial charge is 0.120 e. The first-order valence-electron chi connectivity index (χ1n) is 12.4. The van der Waals surface area contributed by atoms with Gasteiger partial charge in [-0.15, -0.1) is 0 Å². The molecule has 2 aromatic carbocycles. The van der Waals surface area contributed by atoms with Gasteiger partial charge in [-0.3, -0.25) is 4.90 Å². The van der Waals surface area contributed by atoms with E-state index < -0.39 is 0 Å². The van der Waals surface area contributed by atoms with Crippen molar-refractivity contribution in [3.05, 3.63) is 65.2 Å². The first kappa shape index (κ1) is 25.0. The van der Waals surface area contributed by atoms with Crippen LogP contribution in [0.15, 0.2) is 43.0 Å². The monoisotopic (exact) mass is 447 g/mol. The second kappa shape index (κ2) is 12.0. The van der Waals surface area contributed by atoms with Gasteiger partial charge < -0.3 is 14.6 Å². The van der Waals surface area contributed by atoms with Crippen LogP contribution in [0.1, 0.15) is 48.4 Å². The molecule has 1 aliphatic heterocycles. The largest absolute Gasteiger partial charge is 0.374 e. The molecule has 0 radical (unpaired) electrons. The zero-order valence-electron chi connectivity index (χ0n) is 21.1. The molecule has 2 aromatic rings. The van der Waals surface area contributed by atoms with Crippen LogP contribution in [-0.4, -0.2) is 57.5 Å². The Bertz CT molecular complexity index is 944. The standard InChI is InChI=1S/C29H41N3O/c1-6-15-30(5)29-13-12-26(22-27(29)10-8-21-33)24(3)14-16-31-17-19-32(20-18-31)28-11-7-9-23(2)25(28)4/h7,9,11-13,21-22H,3,6,8,10,14-20H2,1-2,4-5H3. The molecule has 1 heterocycles. The molecule has 0 aliphatic carbocycles. The summed E-state index contributed by atoms with van der Waals surface area (Å²) in [4.78, 5) is 18.4. The molecule has 0 aromatic heterocycles. The first-order valence-corrected chi connectivity index (χ1v) is 12.4. The molecule has 0 atom stereocenters. The zero-order valence-corrected chi connectivity index (χ0v) is 21.1. The summed E-state index contributed by atoms with van der Waals surface area (Å²) >= 11 is 0. The molecule has 0 bridgehead atoms. The fraction of sp³-hybridized carbons (Fsp3) is 0.483. The molecule has 3 rings (SSSR count). The van der Waals surface area contributed by atoms with E-state index in [1.807, 2.05) is 0 Å². The molecule has 0 spiro atoms. The third-order valence-corrected chi connectivity index (χ3v) is 7.01. The van der Waals surface area contributed by atoms with E-state index in [0.717, 1.165) is 64.8 Å². The average Bonchev–Trinajstić information content (AvgIpc) is 2.83. The van der Waals surface area contributed by atoms with Gasteiger partial charge in [0.1, 0.15) is 6.29 Å². The van der Waals surface area contributed by atoms with E-state index in [-0.39, 0.29) is 0 Å². The van der Waals surface area contributed by atoms with E-state index in [9.17, 15) is 4.79 Å². The fourth-order valence-electron chi connectivity index (χ4n) is 4.78. The third kappa shape index (κ3) is 6.48. The van der Waals surface area contributed by atoms with E-state index >= 15 is 0 Å². The molecule has 0 saturated carbocycles. The number of rotatable bonds is 11. The average molecular weight is 448 g/mol. The Morgan fingerprint density at radius 2 is 1.88 bits per heavy atom. The molecule has 0 amide bonds. The summed E-state index contributed by atoms with van der Waals surface area (Å²) in [5.41, 5.74) is 9.03. The number of carbonyl (C=O) groups excluding carboxylic acids is 1. The highest BCUT2D eigenvalue weighted by molar-refractivity contribution is 5.68. The number of carbonyl (C=O) groups is 1. The van der Waals surface area contributed by atoms with Crippen LogP contribution in [0.25, 0.3) is 5.57 Å². The van der Waals surface area contributed by atoms with Crippen molar-refractivity contribution in [2.24, 2.45) is 0 Å². The lowest BCUT2D eigenvalue weighted by molar-refractivity contribution is -0.107. The van der Waals surface area contributed by atoms with Crippen LogP contribution in [0.2, 0.25) is 0 Å². The number of hydrogen-bond acceptors (Lipinski definition) is 4. The normalized spacial score (nSPS) is 14.4. The van der Waals surface area contributed by atoms with Gasteiger partial charge in [-0.05, 0) is 79.1 Å². The topological polar surface area (TPSA) is 26.8 Å². The SMILES string of the molecule is C=C(CCN1CCN(c2cccc(C)c2C)CC1)c1ccc(N(C)CCC)c(CCC=O)c1. The van der Waals surface area contributed by atoms with Gasteiger partial charge in [0.15, 0.2) is 0 Å². The van der Waals surface area contributed by atoms with Crippen LogP contribution in [0.3, 0.4) is 0 Å². The van der Waals surface area contributed by atoms with Crippen molar-refractivity contribution >= 4 is 23.2 Å². The van der Waals surface area contributed by atoms with Gasteiger partial charge in [0, 0.05) is 64.1 Å².